The first-order chi connectivity index (χ1) is 31.6. The van der Waals surface area contributed by atoms with Gasteiger partial charge in [-0.2, -0.15) is 21.0 Å². The molecule has 11 rings (SSSR count). The van der Waals surface area contributed by atoms with Crippen LogP contribution in [0.25, 0.3) is 93.9 Å². The topological polar surface area (TPSA) is 131 Å². The molecule has 10 aromatic rings. The number of rotatable bonds is 6. The van der Waals surface area contributed by atoms with Crippen LogP contribution in [0.1, 0.15) is 40.7 Å². The highest BCUT2D eigenvalue weighted by atomic mass is 15.0. The quantitative estimate of drug-likeness (QED) is 0.164. The van der Waals surface area contributed by atoms with Crippen LogP contribution in [0.5, 0.6) is 0 Å². The van der Waals surface area contributed by atoms with Crippen molar-refractivity contribution in [2.24, 2.45) is 0 Å². The lowest BCUT2D eigenvalue weighted by Gasteiger charge is -2.19. The molecule has 8 nitrogen and oxygen atoms in total. The van der Waals surface area contributed by atoms with Crippen molar-refractivity contribution < 1.29 is 0 Å². The summed E-state index contributed by atoms with van der Waals surface area (Å²) in [4.78, 5) is 9.03. The first-order valence-electron chi connectivity index (χ1n) is 20.8. The van der Waals surface area contributed by atoms with E-state index in [1.165, 1.54) is 5.57 Å². The fraction of sp³-hybridized carbons (Fsp3) is 0.0357. The highest BCUT2D eigenvalue weighted by Crippen LogP contribution is 2.43. The Morgan fingerprint density at radius 1 is 0.438 bits per heavy atom. The molecule has 0 unspecified atom stereocenters. The third kappa shape index (κ3) is 6.03. The maximum atomic E-state index is 10.8. The van der Waals surface area contributed by atoms with Crippen molar-refractivity contribution in [3.63, 3.8) is 0 Å². The molecule has 64 heavy (non-hydrogen) atoms. The van der Waals surface area contributed by atoms with Crippen LogP contribution in [-0.2, 0) is 0 Å². The van der Waals surface area contributed by atoms with E-state index in [1.807, 2.05) is 79.1 Å². The molecule has 296 valence electrons. The molecule has 0 aliphatic heterocycles. The van der Waals surface area contributed by atoms with E-state index in [4.69, 9.17) is 0 Å². The van der Waals surface area contributed by atoms with Gasteiger partial charge >= 0.3 is 0 Å². The van der Waals surface area contributed by atoms with E-state index >= 15 is 0 Å². The Kier molecular flexibility index (Phi) is 8.99. The van der Waals surface area contributed by atoms with Crippen LogP contribution < -0.4 is 0 Å². The van der Waals surface area contributed by atoms with Gasteiger partial charge in [0, 0.05) is 57.5 Å². The minimum atomic E-state index is 0.332. The predicted molar refractivity (Wildman–Crippen MR) is 252 cm³/mol. The van der Waals surface area contributed by atoms with Crippen molar-refractivity contribution in [1.82, 2.24) is 19.1 Å². The average molecular weight is 817 g/mol. The fourth-order valence-electron chi connectivity index (χ4n) is 9.38. The fourth-order valence-corrected chi connectivity index (χ4v) is 9.38. The summed E-state index contributed by atoms with van der Waals surface area (Å²) in [6.45, 7) is 0. The van der Waals surface area contributed by atoms with Crippen molar-refractivity contribution >= 4 is 49.2 Å². The van der Waals surface area contributed by atoms with Gasteiger partial charge in [-0.15, -0.1) is 0 Å². The van der Waals surface area contributed by atoms with Crippen LogP contribution in [0.15, 0.2) is 170 Å². The van der Waals surface area contributed by atoms with Gasteiger partial charge in [0.25, 0.3) is 0 Å². The second kappa shape index (κ2) is 15.3. The summed E-state index contributed by atoms with van der Waals surface area (Å²) in [5.41, 5.74) is 13.3. The van der Waals surface area contributed by atoms with Crippen molar-refractivity contribution in [1.29, 1.82) is 21.0 Å². The second-order valence-corrected chi connectivity index (χ2v) is 15.8. The lowest BCUT2D eigenvalue weighted by molar-refractivity contribution is 1.04. The smallest absolute Gasteiger partial charge is 0.101 e. The molecule has 1 aliphatic rings. The molecule has 0 saturated heterocycles. The van der Waals surface area contributed by atoms with Gasteiger partial charge in [-0.3, -0.25) is 9.97 Å². The number of allylic oxidation sites excluding steroid dienone is 4. The Morgan fingerprint density at radius 3 is 1.50 bits per heavy atom. The van der Waals surface area contributed by atoms with Gasteiger partial charge in [-0.05, 0) is 113 Å². The first-order valence-corrected chi connectivity index (χ1v) is 20.8. The monoisotopic (exact) mass is 816 g/mol. The Morgan fingerprint density at radius 2 is 0.969 bits per heavy atom. The molecule has 0 saturated carbocycles. The van der Waals surface area contributed by atoms with Gasteiger partial charge in [0.1, 0.15) is 12.1 Å². The van der Waals surface area contributed by atoms with E-state index in [2.05, 4.69) is 110 Å². The van der Waals surface area contributed by atoms with Crippen LogP contribution >= 0.6 is 0 Å². The highest BCUT2D eigenvalue weighted by molar-refractivity contribution is 6.12. The zero-order valence-corrected chi connectivity index (χ0v) is 34.2. The molecule has 4 aromatic heterocycles. The zero-order chi connectivity index (χ0) is 43.3. The van der Waals surface area contributed by atoms with Gasteiger partial charge in [0.15, 0.2) is 0 Å². The van der Waals surface area contributed by atoms with E-state index in [9.17, 15) is 21.0 Å². The molecule has 1 aliphatic carbocycles. The van der Waals surface area contributed by atoms with Gasteiger partial charge in [0.2, 0.25) is 0 Å². The summed E-state index contributed by atoms with van der Waals surface area (Å²) in [5, 5.41) is 46.2. The molecule has 0 amide bonds. The summed E-state index contributed by atoms with van der Waals surface area (Å²) in [6, 6.07) is 51.1. The highest BCUT2D eigenvalue weighted by Gasteiger charge is 2.24. The minimum absolute atomic E-state index is 0.332. The number of hydrogen-bond acceptors (Lipinski definition) is 6. The summed E-state index contributed by atoms with van der Waals surface area (Å²) < 4.78 is 4.20. The zero-order valence-electron chi connectivity index (χ0n) is 34.2. The van der Waals surface area contributed by atoms with Crippen LogP contribution in [0, 0.1) is 45.3 Å². The number of nitriles is 4. The second-order valence-electron chi connectivity index (χ2n) is 15.8. The number of nitrogens with zero attached hydrogens (tertiary/aromatic N) is 8. The van der Waals surface area contributed by atoms with Crippen LogP contribution in [-0.4, -0.2) is 19.1 Å². The summed E-state index contributed by atoms with van der Waals surface area (Å²) in [5.74, 6) is 0. The Hall–Kier alpha value is -9.34. The number of aromatic nitrogens is 4. The van der Waals surface area contributed by atoms with Crippen molar-refractivity contribution in [3.8, 4) is 69.0 Å². The molecular weight excluding hydrogens is 785 g/mol. The van der Waals surface area contributed by atoms with Gasteiger partial charge in [-0.1, -0.05) is 78.9 Å². The third-order valence-corrected chi connectivity index (χ3v) is 12.2. The maximum absolute atomic E-state index is 10.8. The average Bonchev–Trinajstić information content (AvgIpc) is 3.87. The molecule has 0 atom stereocenters. The maximum Gasteiger partial charge on any atom is 0.101 e. The van der Waals surface area contributed by atoms with E-state index < -0.39 is 0 Å². The van der Waals surface area contributed by atoms with Gasteiger partial charge in [0.05, 0.1) is 67.8 Å². The number of benzene rings is 6. The standard InChI is InChI=1S/C56H32N8/c57-29-35-22-43(31-59)55(63-51-16-14-39(37-8-3-1-4-9-37)27-47(51)49-33-61-20-18-53(49)63)45(24-35)41-12-7-13-42(26-41)46-25-36(30-58)23-44(32-60)56(46)64-52-17-15-40(38-10-5-2-6-11-38)28-48(52)50-34-62-21-19-54(50)64/h1,3-5,7-28,33-34H,2,6H2. The molecule has 0 fully saturated rings. The lowest BCUT2D eigenvalue weighted by atomic mass is 9.92. The molecule has 0 N–H and O–H groups in total. The molecule has 0 spiro atoms. The predicted octanol–water partition coefficient (Wildman–Crippen LogP) is 12.9. The summed E-state index contributed by atoms with van der Waals surface area (Å²) in [7, 11) is 0. The van der Waals surface area contributed by atoms with Crippen molar-refractivity contribution in [3.05, 3.63) is 198 Å². The molecule has 0 bridgehead atoms. The Labute approximate surface area is 368 Å². The van der Waals surface area contributed by atoms with Crippen molar-refractivity contribution in [2.75, 3.05) is 0 Å². The lowest BCUT2D eigenvalue weighted by Crippen LogP contribution is -2.03. The van der Waals surface area contributed by atoms with E-state index in [0.29, 0.717) is 44.8 Å². The van der Waals surface area contributed by atoms with E-state index in [1.54, 1.807) is 24.5 Å². The summed E-state index contributed by atoms with van der Waals surface area (Å²) in [6.07, 6.45) is 15.8. The van der Waals surface area contributed by atoms with Crippen LogP contribution in [0.4, 0.5) is 0 Å². The van der Waals surface area contributed by atoms with Gasteiger partial charge < -0.3 is 9.13 Å². The Bertz CT molecular complexity index is 3840. The van der Waals surface area contributed by atoms with E-state index in [-0.39, 0.29) is 0 Å². The van der Waals surface area contributed by atoms with Crippen LogP contribution in [0.3, 0.4) is 0 Å². The largest absolute Gasteiger partial charge is 0.307 e. The third-order valence-electron chi connectivity index (χ3n) is 12.2. The number of pyridine rings is 2. The molecular formula is C56H32N8. The molecule has 6 aromatic carbocycles. The Balaban J connectivity index is 1.16. The summed E-state index contributed by atoms with van der Waals surface area (Å²) >= 11 is 0. The normalized spacial score (nSPS) is 12.2. The van der Waals surface area contributed by atoms with Crippen molar-refractivity contribution in [2.45, 2.75) is 12.8 Å². The van der Waals surface area contributed by atoms with Crippen LogP contribution in [0.2, 0.25) is 0 Å². The molecule has 0 radical (unpaired) electrons. The van der Waals surface area contributed by atoms with E-state index in [0.717, 1.165) is 84.3 Å². The number of hydrogen-bond donors (Lipinski definition) is 0. The molecule has 4 heterocycles. The van der Waals surface area contributed by atoms with Gasteiger partial charge in [-0.25, -0.2) is 0 Å². The SMILES string of the molecule is N#Cc1cc(C#N)c(-n2c3ccncc3c3cc(C4=CCCC=C4)ccc32)c(-c2cccc(-c3cc(C#N)cc(C#N)c3-n3c4ccncc4c4cc(-c5ccccc5)ccc43)c2)c1. The minimum Gasteiger partial charge on any atom is -0.307 e. The molecule has 8 heteroatoms. The number of fused-ring (bicyclic) bond motifs is 6. The first kappa shape index (κ1) is 37.6.